The molecular formula is C17H24N2O2. The summed E-state index contributed by atoms with van der Waals surface area (Å²) in [6.45, 7) is 14.7. The summed E-state index contributed by atoms with van der Waals surface area (Å²) in [6.07, 6.45) is 0. The van der Waals surface area contributed by atoms with Crippen molar-refractivity contribution in [2.24, 2.45) is 0 Å². The van der Waals surface area contributed by atoms with Gasteiger partial charge < -0.3 is 14.2 Å². The number of nitrogens with zero attached hydrogens (tertiary/aromatic N) is 2. The monoisotopic (exact) mass is 288 g/mol. The van der Waals surface area contributed by atoms with Crippen LogP contribution in [0.4, 0.5) is 5.69 Å². The molecule has 0 saturated heterocycles. The Balaban J connectivity index is 2.27. The smallest absolute Gasteiger partial charge is 0.171 e. The highest BCUT2D eigenvalue weighted by atomic mass is 16.5. The summed E-state index contributed by atoms with van der Waals surface area (Å²) < 4.78 is 11.5. The van der Waals surface area contributed by atoms with Crippen LogP contribution in [0.2, 0.25) is 0 Å². The van der Waals surface area contributed by atoms with Crippen molar-refractivity contribution in [3.05, 3.63) is 17.8 Å². The van der Waals surface area contributed by atoms with Crippen molar-refractivity contribution < 1.29 is 9.26 Å². The van der Waals surface area contributed by atoms with E-state index in [1.54, 1.807) is 0 Å². The first kappa shape index (κ1) is 14.2. The first-order valence-electron chi connectivity index (χ1n) is 7.53. The molecule has 4 heteroatoms. The Morgan fingerprint density at radius 3 is 2.43 bits per heavy atom. The van der Waals surface area contributed by atoms with Gasteiger partial charge in [0.1, 0.15) is 12.3 Å². The molecule has 0 N–H and O–H groups in total. The molecule has 114 valence electrons. The molecule has 0 unspecified atom stereocenters. The number of hydrogen-bond donors (Lipinski definition) is 0. The molecule has 0 aliphatic carbocycles. The van der Waals surface area contributed by atoms with E-state index < -0.39 is 0 Å². The fourth-order valence-corrected chi connectivity index (χ4v) is 2.92. The number of benzene rings is 1. The molecule has 2 heterocycles. The van der Waals surface area contributed by atoms with Crippen molar-refractivity contribution in [2.45, 2.75) is 52.5 Å². The average Bonchev–Trinajstić information content (AvgIpc) is 2.80. The number of aromatic nitrogens is 1. The molecule has 0 saturated carbocycles. The molecule has 0 atom stereocenters. The van der Waals surface area contributed by atoms with Gasteiger partial charge in [-0.1, -0.05) is 25.9 Å². The molecule has 3 rings (SSSR count). The second kappa shape index (κ2) is 4.39. The van der Waals surface area contributed by atoms with Gasteiger partial charge in [0.25, 0.3) is 0 Å². The van der Waals surface area contributed by atoms with Crippen LogP contribution in [0.3, 0.4) is 0 Å². The molecule has 0 amide bonds. The van der Waals surface area contributed by atoms with Crippen molar-refractivity contribution in [3.63, 3.8) is 0 Å². The van der Waals surface area contributed by atoms with E-state index in [-0.39, 0.29) is 11.0 Å². The summed E-state index contributed by atoms with van der Waals surface area (Å²) >= 11 is 0. The van der Waals surface area contributed by atoms with Crippen molar-refractivity contribution in [1.29, 1.82) is 0 Å². The molecule has 1 aromatic heterocycles. The van der Waals surface area contributed by atoms with E-state index in [0.29, 0.717) is 6.61 Å². The molecule has 0 radical (unpaired) electrons. The van der Waals surface area contributed by atoms with Crippen LogP contribution in [-0.4, -0.2) is 23.8 Å². The minimum atomic E-state index is -0.0757. The first-order chi connectivity index (χ1) is 9.69. The maximum atomic E-state index is 6.01. The molecule has 0 spiro atoms. The Morgan fingerprint density at radius 1 is 1.10 bits per heavy atom. The Bertz CT molecular complexity index is 674. The molecule has 0 fully saturated rings. The Kier molecular flexibility index (Phi) is 2.98. The second-order valence-corrected chi connectivity index (χ2v) is 7.74. The summed E-state index contributed by atoms with van der Waals surface area (Å²) in [6, 6.07) is 4.09. The summed E-state index contributed by atoms with van der Waals surface area (Å²) in [5, 5.41) is 5.31. The highest BCUT2D eigenvalue weighted by Crippen LogP contribution is 2.44. The summed E-state index contributed by atoms with van der Waals surface area (Å²) in [4.78, 5) is 2.39. The van der Waals surface area contributed by atoms with Crippen molar-refractivity contribution in [1.82, 2.24) is 5.16 Å². The van der Waals surface area contributed by atoms with E-state index in [0.717, 1.165) is 34.6 Å². The van der Waals surface area contributed by atoms with Crippen molar-refractivity contribution >= 4 is 16.7 Å². The van der Waals surface area contributed by atoms with Crippen LogP contribution in [0, 0.1) is 0 Å². The maximum Gasteiger partial charge on any atom is 0.171 e. The quantitative estimate of drug-likeness (QED) is 0.731. The SMILES string of the molecule is CC(C)(C)c1noc2ccc3c(c12)OCCN3C(C)(C)C. The van der Waals surface area contributed by atoms with Crippen LogP contribution in [0.1, 0.15) is 47.2 Å². The zero-order valence-corrected chi connectivity index (χ0v) is 13.8. The lowest BCUT2D eigenvalue weighted by atomic mass is 9.89. The Hall–Kier alpha value is -1.71. The first-order valence-corrected chi connectivity index (χ1v) is 7.53. The van der Waals surface area contributed by atoms with Gasteiger partial charge in [-0.05, 0) is 32.9 Å². The molecule has 2 aromatic rings. The van der Waals surface area contributed by atoms with Gasteiger partial charge in [0.2, 0.25) is 0 Å². The predicted molar refractivity (Wildman–Crippen MR) is 85.3 cm³/mol. The lowest BCUT2D eigenvalue weighted by Gasteiger charge is -2.41. The summed E-state index contributed by atoms with van der Waals surface area (Å²) in [7, 11) is 0. The number of anilines is 1. The number of rotatable bonds is 0. The number of hydrogen-bond acceptors (Lipinski definition) is 4. The van der Waals surface area contributed by atoms with Crippen LogP contribution in [0.25, 0.3) is 11.0 Å². The largest absolute Gasteiger partial charge is 0.489 e. The Morgan fingerprint density at radius 2 is 1.81 bits per heavy atom. The lowest BCUT2D eigenvalue weighted by Crippen LogP contribution is -2.46. The summed E-state index contributed by atoms with van der Waals surface area (Å²) in [5.41, 5.74) is 2.88. The van der Waals surface area contributed by atoms with Gasteiger partial charge in [-0.3, -0.25) is 0 Å². The molecule has 1 aliphatic heterocycles. The minimum absolute atomic E-state index is 0.0608. The number of ether oxygens (including phenoxy) is 1. The third-order valence-corrected chi connectivity index (χ3v) is 3.94. The van der Waals surface area contributed by atoms with Gasteiger partial charge >= 0.3 is 0 Å². The molecule has 4 nitrogen and oxygen atoms in total. The van der Waals surface area contributed by atoms with Crippen LogP contribution in [0.15, 0.2) is 16.7 Å². The Labute approximate surface area is 126 Å². The number of fused-ring (bicyclic) bond motifs is 3. The van der Waals surface area contributed by atoms with Crippen LogP contribution in [-0.2, 0) is 5.41 Å². The molecule has 1 aliphatic rings. The van der Waals surface area contributed by atoms with Crippen molar-refractivity contribution in [2.75, 3.05) is 18.1 Å². The molecule has 21 heavy (non-hydrogen) atoms. The topological polar surface area (TPSA) is 38.5 Å². The zero-order chi connectivity index (χ0) is 15.4. The third kappa shape index (κ3) is 2.27. The fraction of sp³-hybridized carbons (Fsp3) is 0.588. The standard InChI is InChI=1S/C17H24N2O2/c1-16(2,3)15-13-12(21-18-15)8-7-11-14(13)20-10-9-19(11)17(4,5)6/h7-8H,9-10H2,1-6H3. The van der Waals surface area contributed by atoms with Crippen LogP contribution < -0.4 is 9.64 Å². The third-order valence-electron chi connectivity index (χ3n) is 3.94. The molecule has 0 bridgehead atoms. The van der Waals surface area contributed by atoms with E-state index >= 15 is 0 Å². The van der Waals surface area contributed by atoms with E-state index in [1.165, 1.54) is 0 Å². The molecular weight excluding hydrogens is 264 g/mol. The van der Waals surface area contributed by atoms with Gasteiger partial charge in [0.15, 0.2) is 11.3 Å². The molecule has 1 aromatic carbocycles. The van der Waals surface area contributed by atoms with Gasteiger partial charge in [-0.15, -0.1) is 0 Å². The summed E-state index contributed by atoms with van der Waals surface area (Å²) in [5.74, 6) is 0.917. The predicted octanol–water partition coefficient (Wildman–Crippen LogP) is 4.12. The van der Waals surface area contributed by atoms with Gasteiger partial charge in [-0.2, -0.15) is 0 Å². The van der Waals surface area contributed by atoms with E-state index in [1.807, 2.05) is 6.07 Å². The van der Waals surface area contributed by atoms with Crippen LogP contribution in [0.5, 0.6) is 5.75 Å². The van der Waals surface area contributed by atoms with Gasteiger partial charge in [0.05, 0.1) is 17.6 Å². The average molecular weight is 288 g/mol. The zero-order valence-electron chi connectivity index (χ0n) is 13.8. The fourth-order valence-electron chi connectivity index (χ4n) is 2.92. The van der Waals surface area contributed by atoms with E-state index in [2.05, 4.69) is 57.7 Å². The second-order valence-electron chi connectivity index (χ2n) is 7.74. The highest BCUT2D eigenvalue weighted by molar-refractivity contribution is 5.93. The maximum absolute atomic E-state index is 6.01. The van der Waals surface area contributed by atoms with E-state index in [4.69, 9.17) is 9.26 Å². The van der Waals surface area contributed by atoms with E-state index in [9.17, 15) is 0 Å². The van der Waals surface area contributed by atoms with Crippen molar-refractivity contribution in [3.8, 4) is 5.75 Å². The lowest BCUT2D eigenvalue weighted by molar-refractivity contribution is 0.292. The highest BCUT2D eigenvalue weighted by Gasteiger charge is 2.32. The van der Waals surface area contributed by atoms with Gasteiger partial charge in [0, 0.05) is 11.0 Å². The van der Waals surface area contributed by atoms with Gasteiger partial charge in [-0.25, -0.2) is 0 Å². The van der Waals surface area contributed by atoms with Crippen LogP contribution >= 0.6 is 0 Å². The minimum Gasteiger partial charge on any atom is -0.489 e. The normalized spacial score (nSPS) is 16.0.